The summed E-state index contributed by atoms with van der Waals surface area (Å²) in [5.74, 6) is 0.144. The van der Waals surface area contributed by atoms with E-state index in [-0.39, 0.29) is 5.92 Å². The third-order valence-electron chi connectivity index (χ3n) is 4.33. The Labute approximate surface area is 132 Å². The van der Waals surface area contributed by atoms with Crippen LogP contribution in [0.4, 0.5) is 0 Å². The molecule has 2 aromatic carbocycles. The minimum absolute atomic E-state index is 0.144. The second-order valence-electron chi connectivity index (χ2n) is 5.95. The van der Waals surface area contributed by atoms with E-state index in [2.05, 4.69) is 4.72 Å². The molecule has 0 spiro atoms. The second kappa shape index (κ2) is 6.23. The molecular formula is C18H21NO2S. The van der Waals surface area contributed by atoms with E-state index in [0.29, 0.717) is 11.4 Å². The van der Waals surface area contributed by atoms with Crippen LogP contribution >= 0.6 is 0 Å². The highest BCUT2D eigenvalue weighted by atomic mass is 32.2. The summed E-state index contributed by atoms with van der Waals surface area (Å²) in [4.78, 5) is 0.383. The molecule has 0 saturated heterocycles. The lowest BCUT2D eigenvalue weighted by molar-refractivity contribution is 0.575. The van der Waals surface area contributed by atoms with Crippen LogP contribution in [0.3, 0.4) is 0 Å². The van der Waals surface area contributed by atoms with Crippen LogP contribution in [-0.4, -0.2) is 15.0 Å². The average Bonchev–Trinajstić information content (AvgIpc) is 3.01. The summed E-state index contributed by atoms with van der Waals surface area (Å²) in [6.07, 6.45) is 3.17. The van der Waals surface area contributed by atoms with Gasteiger partial charge in [-0.1, -0.05) is 43.3 Å². The SMILES string of the molecule is C[C@H](CNS(=O)(=O)c1ccc2c(c1)CCC2)c1ccccc1. The summed E-state index contributed by atoms with van der Waals surface area (Å²) in [5.41, 5.74) is 3.61. The molecule has 0 unspecified atom stereocenters. The molecule has 3 nitrogen and oxygen atoms in total. The van der Waals surface area contributed by atoms with Crippen molar-refractivity contribution in [1.29, 1.82) is 0 Å². The van der Waals surface area contributed by atoms with E-state index in [0.717, 1.165) is 24.8 Å². The highest BCUT2D eigenvalue weighted by molar-refractivity contribution is 7.89. The number of hydrogen-bond donors (Lipinski definition) is 1. The normalized spacial score (nSPS) is 15.5. The maximum atomic E-state index is 12.5. The fourth-order valence-electron chi connectivity index (χ4n) is 2.93. The standard InChI is InChI=1S/C18H21NO2S/c1-14(15-6-3-2-4-7-15)13-19-22(20,21)18-11-10-16-8-5-9-17(16)12-18/h2-4,6-7,10-12,14,19H,5,8-9,13H2,1H3/t14-/m1/s1. The van der Waals surface area contributed by atoms with Crippen LogP contribution in [-0.2, 0) is 22.9 Å². The van der Waals surface area contributed by atoms with Crippen molar-refractivity contribution in [3.05, 3.63) is 65.2 Å². The third-order valence-corrected chi connectivity index (χ3v) is 5.75. The first-order valence-electron chi connectivity index (χ1n) is 7.73. The predicted octanol–water partition coefficient (Wildman–Crippen LogP) is 3.26. The lowest BCUT2D eigenvalue weighted by Crippen LogP contribution is -2.27. The summed E-state index contributed by atoms with van der Waals surface area (Å²) in [6, 6.07) is 15.5. The lowest BCUT2D eigenvalue weighted by Gasteiger charge is -2.14. The minimum Gasteiger partial charge on any atom is -0.211 e. The van der Waals surface area contributed by atoms with Crippen molar-refractivity contribution in [1.82, 2.24) is 4.72 Å². The Morgan fingerprint density at radius 3 is 2.55 bits per heavy atom. The Hall–Kier alpha value is -1.65. The third kappa shape index (κ3) is 3.23. The first-order chi connectivity index (χ1) is 10.6. The fraction of sp³-hybridized carbons (Fsp3) is 0.333. The van der Waals surface area contributed by atoms with Crippen LogP contribution in [0, 0.1) is 0 Å². The molecule has 116 valence electrons. The van der Waals surface area contributed by atoms with E-state index < -0.39 is 10.0 Å². The second-order valence-corrected chi connectivity index (χ2v) is 7.71. The molecule has 1 aliphatic carbocycles. The van der Waals surface area contributed by atoms with Crippen molar-refractivity contribution in [2.24, 2.45) is 0 Å². The van der Waals surface area contributed by atoms with Crippen LogP contribution in [0.15, 0.2) is 53.4 Å². The van der Waals surface area contributed by atoms with Crippen molar-refractivity contribution < 1.29 is 8.42 Å². The summed E-state index contributed by atoms with van der Waals surface area (Å²) in [7, 11) is -3.43. The molecule has 0 radical (unpaired) electrons. The van der Waals surface area contributed by atoms with Gasteiger partial charge >= 0.3 is 0 Å². The molecule has 0 aliphatic heterocycles. The number of aryl methyl sites for hydroxylation is 2. The Morgan fingerprint density at radius 1 is 1.05 bits per heavy atom. The minimum atomic E-state index is -3.43. The van der Waals surface area contributed by atoms with Crippen LogP contribution in [0.2, 0.25) is 0 Å². The van der Waals surface area contributed by atoms with Crippen molar-refractivity contribution >= 4 is 10.0 Å². The lowest BCUT2D eigenvalue weighted by atomic mass is 10.0. The summed E-state index contributed by atoms with van der Waals surface area (Å²) < 4.78 is 27.7. The monoisotopic (exact) mass is 315 g/mol. The largest absolute Gasteiger partial charge is 0.240 e. The van der Waals surface area contributed by atoms with Gasteiger partial charge in [0.05, 0.1) is 4.90 Å². The van der Waals surface area contributed by atoms with Gasteiger partial charge in [0.2, 0.25) is 10.0 Å². The molecular weight excluding hydrogens is 294 g/mol. The Balaban J connectivity index is 1.71. The van der Waals surface area contributed by atoms with Crippen molar-refractivity contribution in [2.75, 3.05) is 6.54 Å². The van der Waals surface area contributed by atoms with Crippen molar-refractivity contribution in [2.45, 2.75) is 37.0 Å². The maximum absolute atomic E-state index is 12.5. The topological polar surface area (TPSA) is 46.2 Å². The van der Waals surface area contributed by atoms with Crippen molar-refractivity contribution in [3.8, 4) is 0 Å². The highest BCUT2D eigenvalue weighted by Gasteiger charge is 2.19. The van der Waals surface area contributed by atoms with Gasteiger partial charge in [-0.15, -0.1) is 0 Å². The number of hydrogen-bond acceptors (Lipinski definition) is 2. The van der Waals surface area contributed by atoms with Gasteiger partial charge in [0, 0.05) is 6.54 Å². The van der Waals surface area contributed by atoms with Gasteiger partial charge in [0.1, 0.15) is 0 Å². The molecule has 0 bridgehead atoms. The van der Waals surface area contributed by atoms with E-state index in [4.69, 9.17) is 0 Å². The van der Waals surface area contributed by atoms with Crippen LogP contribution < -0.4 is 4.72 Å². The van der Waals surface area contributed by atoms with E-state index in [9.17, 15) is 8.42 Å². The van der Waals surface area contributed by atoms with E-state index >= 15 is 0 Å². The molecule has 1 atom stereocenters. The Kier molecular flexibility index (Phi) is 4.32. The zero-order valence-electron chi connectivity index (χ0n) is 12.7. The van der Waals surface area contributed by atoms with E-state index in [1.165, 1.54) is 11.1 Å². The first-order valence-corrected chi connectivity index (χ1v) is 9.21. The quantitative estimate of drug-likeness (QED) is 0.920. The molecule has 0 heterocycles. The average molecular weight is 315 g/mol. The zero-order valence-corrected chi connectivity index (χ0v) is 13.6. The van der Waals surface area contributed by atoms with E-state index in [1.54, 1.807) is 6.07 Å². The van der Waals surface area contributed by atoms with Gasteiger partial charge in [-0.3, -0.25) is 0 Å². The van der Waals surface area contributed by atoms with Gasteiger partial charge in [0.15, 0.2) is 0 Å². The van der Waals surface area contributed by atoms with Gasteiger partial charge < -0.3 is 0 Å². The van der Waals surface area contributed by atoms with Gasteiger partial charge in [-0.25, -0.2) is 13.1 Å². The molecule has 4 heteroatoms. The van der Waals surface area contributed by atoms with Crippen LogP contribution in [0.5, 0.6) is 0 Å². The molecule has 0 fully saturated rings. The van der Waals surface area contributed by atoms with E-state index in [1.807, 2.05) is 49.4 Å². The van der Waals surface area contributed by atoms with Gasteiger partial charge in [0.25, 0.3) is 0 Å². The first kappa shape index (κ1) is 15.3. The predicted molar refractivity (Wildman–Crippen MR) is 88.5 cm³/mol. The highest BCUT2D eigenvalue weighted by Crippen LogP contribution is 2.25. The maximum Gasteiger partial charge on any atom is 0.240 e. The number of fused-ring (bicyclic) bond motifs is 1. The van der Waals surface area contributed by atoms with Crippen LogP contribution in [0.1, 0.15) is 36.0 Å². The summed E-state index contributed by atoms with van der Waals surface area (Å²) in [5, 5.41) is 0. The number of sulfonamides is 1. The molecule has 0 saturated carbocycles. The Morgan fingerprint density at radius 2 is 1.77 bits per heavy atom. The molecule has 22 heavy (non-hydrogen) atoms. The molecule has 3 rings (SSSR count). The zero-order chi connectivity index (χ0) is 15.6. The molecule has 1 N–H and O–H groups in total. The number of nitrogens with one attached hydrogen (secondary N) is 1. The number of rotatable bonds is 5. The fourth-order valence-corrected chi connectivity index (χ4v) is 4.11. The Bertz CT molecular complexity index is 754. The molecule has 1 aliphatic rings. The van der Waals surface area contributed by atoms with Gasteiger partial charge in [-0.2, -0.15) is 0 Å². The molecule has 2 aromatic rings. The smallest absolute Gasteiger partial charge is 0.211 e. The summed E-state index contributed by atoms with van der Waals surface area (Å²) in [6.45, 7) is 2.43. The van der Waals surface area contributed by atoms with Crippen molar-refractivity contribution in [3.63, 3.8) is 0 Å². The molecule has 0 amide bonds. The molecule has 0 aromatic heterocycles. The van der Waals surface area contributed by atoms with Crippen LogP contribution in [0.25, 0.3) is 0 Å². The number of benzene rings is 2. The van der Waals surface area contributed by atoms with Gasteiger partial charge in [-0.05, 0) is 54.0 Å². The summed E-state index contributed by atoms with van der Waals surface area (Å²) >= 11 is 0.